The van der Waals surface area contributed by atoms with E-state index >= 15 is 0 Å². The van der Waals surface area contributed by atoms with Crippen LogP contribution in [-0.4, -0.2) is 70.2 Å². The summed E-state index contributed by atoms with van der Waals surface area (Å²) >= 11 is 0. The van der Waals surface area contributed by atoms with Crippen LogP contribution in [0.1, 0.15) is 55.8 Å². The smallest absolute Gasteiger partial charge is 0.257 e. The van der Waals surface area contributed by atoms with E-state index in [0.717, 1.165) is 25.9 Å². The van der Waals surface area contributed by atoms with E-state index in [1.165, 1.54) is 18.9 Å². The second-order valence-corrected chi connectivity index (χ2v) is 13.7. The van der Waals surface area contributed by atoms with Crippen molar-refractivity contribution in [3.63, 3.8) is 0 Å². The monoisotopic (exact) mass is 575 g/mol. The third kappa shape index (κ3) is 5.66. The molecule has 40 heavy (non-hydrogen) atoms. The van der Waals surface area contributed by atoms with E-state index in [9.17, 15) is 22.0 Å². The summed E-state index contributed by atoms with van der Waals surface area (Å²) < 4.78 is 61.7. The number of sulfonamides is 1. The lowest BCUT2D eigenvalue weighted by molar-refractivity contribution is -0.0523. The van der Waals surface area contributed by atoms with Gasteiger partial charge in [0.25, 0.3) is 11.8 Å². The number of ether oxygens (including phenoxy) is 1. The normalized spacial score (nSPS) is 23.0. The number of nitrogens with zero attached hydrogens (tertiary/aromatic N) is 3. The van der Waals surface area contributed by atoms with E-state index in [2.05, 4.69) is 19.9 Å². The van der Waals surface area contributed by atoms with Crippen LogP contribution in [0.15, 0.2) is 41.4 Å². The fourth-order valence-electron chi connectivity index (χ4n) is 5.81. The van der Waals surface area contributed by atoms with Crippen molar-refractivity contribution < 1.29 is 26.7 Å². The highest BCUT2D eigenvalue weighted by atomic mass is 32.2. The number of aromatic nitrogens is 1. The predicted octanol–water partition coefficient (Wildman–Crippen LogP) is 4.02. The SMILES string of the molecule is CC1(NS(=O)(=O)c2ccc(C(=O)Nc3ccnc(N4CCC(F)(F)CC4)c3)c(N3CCC4(CC3)CC4)c2)COC1. The largest absolute Gasteiger partial charge is 0.377 e. The molecular formula is C28H35F2N5O4S. The zero-order chi connectivity index (χ0) is 28.2. The van der Waals surface area contributed by atoms with Gasteiger partial charge in [0.15, 0.2) is 0 Å². The number of anilines is 3. The number of rotatable bonds is 7. The Bertz CT molecular complexity index is 1390. The van der Waals surface area contributed by atoms with Gasteiger partial charge < -0.3 is 19.9 Å². The zero-order valence-corrected chi connectivity index (χ0v) is 23.4. The highest BCUT2D eigenvalue weighted by molar-refractivity contribution is 7.89. The fraction of sp³-hybridized carbons (Fsp3) is 0.571. The molecule has 9 nitrogen and oxygen atoms in total. The summed E-state index contributed by atoms with van der Waals surface area (Å²) in [6.45, 7) is 4.29. The number of carbonyl (C=O) groups is 1. The highest BCUT2D eigenvalue weighted by Gasteiger charge is 2.45. The number of hydrogen-bond donors (Lipinski definition) is 2. The molecule has 0 radical (unpaired) electrons. The number of halogens is 2. The van der Waals surface area contributed by atoms with Crippen LogP contribution < -0.4 is 19.8 Å². The molecule has 3 aliphatic heterocycles. The molecule has 1 spiro atoms. The van der Waals surface area contributed by atoms with Crippen molar-refractivity contribution in [3.05, 3.63) is 42.1 Å². The Morgan fingerprint density at radius 2 is 1.62 bits per heavy atom. The lowest BCUT2D eigenvalue weighted by Crippen LogP contribution is -2.59. The molecule has 3 saturated heterocycles. The first-order valence-corrected chi connectivity index (χ1v) is 15.3. The van der Waals surface area contributed by atoms with Gasteiger partial charge in [-0.15, -0.1) is 0 Å². The van der Waals surface area contributed by atoms with Gasteiger partial charge in [-0.3, -0.25) is 4.79 Å². The van der Waals surface area contributed by atoms with Crippen molar-refractivity contribution in [2.75, 3.05) is 54.5 Å². The summed E-state index contributed by atoms with van der Waals surface area (Å²) in [5.74, 6) is -2.51. The van der Waals surface area contributed by atoms with Crippen LogP contribution in [-0.2, 0) is 14.8 Å². The first-order chi connectivity index (χ1) is 19.0. The third-order valence-electron chi connectivity index (χ3n) is 8.69. The summed E-state index contributed by atoms with van der Waals surface area (Å²) in [5, 5.41) is 2.91. The lowest BCUT2D eigenvalue weighted by Gasteiger charge is -2.38. The molecule has 1 aromatic heterocycles. The van der Waals surface area contributed by atoms with Gasteiger partial charge in [0.1, 0.15) is 5.82 Å². The topological polar surface area (TPSA) is 104 Å². The van der Waals surface area contributed by atoms with Gasteiger partial charge in [0.2, 0.25) is 10.0 Å². The second-order valence-electron chi connectivity index (χ2n) is 12.0. The van der Waals surface area contributed by atoms with Gasteiger partial charge in [0, 0.05) is 57.0 Å². The summed E-state index contributed by atoms with van der Waals surface area (Å²) in [5.41, 5.74) is 1.21. The number of piperidine rings is 2. The maximum Gasteiger partial charge on any atom is 0.257 e. The van der Waals surface area contributed by atoms with Crippen molar-refractivity contribution in [1.29, 1.82) is 0 Å². The summed E-state index contributed by atoms with van der Waals surface area (Å²) in [6.07, 6.45) is 5.56. The Morgan fingerprint density at radius 1 is 0.950 bits per heavy atom. The Labute approximate surface area is 233 Å². The number of pyridine rings is 1. The molecule has 2 N–H and O–H groups in total. The third-order valence-corrected chi connectivity index (χ3v) is 10.3. The molecule has 4 aliphatic rings. The molecule has 2 aromatic rings. The van der Waals surface area contributed by atoms with Crippen molar-refractivity contribution >= 4 is 33.1 Å². The molecule has 1 saturated carbocycles. The number of hydrogen-bond acceptors (Lipinski definition) is 7. The summed E-state index contributed by atoms with van der Waals surface area (Å²) in [4.78, 5) is 21.9. The lowest BCUT2D eigenvalue weighted by atomic mass is 9.93. The highest BCUT2D eigenvalue weighted by Crippen LogP contribution is 2.54. The van der Waals surface area contributed by atoms with Gasteiger partial charge in [-0.25, -0.2) is 26.9 Å². The number of benzene rings is 1. The minimum absolute atomic E-state index is 0.104. The quantitative estimate of drug-likeness (QED) is 0.514. The minimum atomic E-state index is -3.83. The molecule has 1 aromatic carbocycles. The molecule has 12 heteroatoms. The van der Waals surface area contributed by atoms with Crippen LogP contribution in [0.4, 0.5) is 26.0 Å². The second kappa shape index (κ2) is 9.92. The molecule has 4 fully saturated rings. The molecule has 0 atom stereocenters. The molecule has 1 aliphatic carbocycles. The molecule has 0 unspecified atom stereocenters. The molecule has 4 heterocycles. The molecule has 6 rings (SSSR count). The van der Waals surface area contributed by atoms with Crippen LogP contribution >= 0.6 is 0 Å². The average Bonchev–Trinajstić information content (AvgIpc) is 3.66. The summed E-state index contributed by atoms with van der Waals surface area (Å²) in [7, 11) is -3.83. The first-order valence-electron chi connectivity index (χ1n) is 13.9. The molecule has 216 valence electrons. The molecular weight excluding hydrogens is 540 g/mol. The Balaban J connectivity index is 1.25. The van der Waals surface area contributed by atoms with Gasteiger partial charge in [-0.2, -0.15) is 0 Å². The van der Waals surface area contributed by atoms with Gasteiger partial charge in [-0.05, 0) is 62.3 Å². The van der Waals surface area contributed by atoms with Crippen molar-refractivity contribution in [2.24, 2.45) is 5.41 Å². The Hall–Kier alpha value is -2.83. The van der Waals surface area contributed by atoms with E-state index < -0.39 is 21.5 Å². The van der Waals surface area contributed by atoms with Crippen LogP contribution in [0, 0.1) is 5.41 Å². The van der Waals surface area contributed by atoms with E-state index in [1.807, 2.05) is 0 Å². The number of nitrogens with one attached hydrogen (secondary N) is 2. The van der Waals surface area contributed by atoms with Gasteiger partial charge >= 0.3 is 0 Å². The Morgan fingerprint density at radius 3 is 2.25 bits per heavy atom. The van der Waals surface area contributed by atoms with E-state index in [4.69, 9.17) is 4.74 Å². The summed E-state index contributed by atoms with van der Waals surface area (Å²) in [6, 6.07) is 7.96. The van der Waals surface area contributed by atoms with Crippen molar-refractivity contribution in [1.82, 2.24) is 9.71 Å². The van der Waals surface area contributed by atoms with E-state index in [-0.39, 0.29) is 36.7 Å². The standard InChI is InChI=1S/C28H35F2N5O4S/c1-26(18-39-19-26)33-40(37,38)21-2-3-22(23(17-21)34-12-7-27(5-6-27)8-13-34)25(36)32-20-4-11-31-24(16-20)35-14-9-28(29,30)10-15-35/h2-4,11,16-17,33H,5-10,12-15,18-19H2,1H3,(H,31,32,36). The minimum Gasteiger partial charge on any atom is -0.377 e. The first kappa shape index (κ1) is 27.3. The van der Waals surface area contributed by atoms with Crippen LogP contribution in [0.25, 0.3) is 0 Å². The van der Waals surface area contributed by atoms with Crippen LogP contribution in [0.3, 0.4) is 0 Å². The van der Waals surface area contributed by atoms with E-state index in [1.54, 1.807) is 42.3 Å². The molecule has 1 amide bonds. The Kier molecular flexibility index (Phi) is 6.78. The average molecular weight is 576 g/mol. The number of amides is 1. The maximum atomic E-state index is 13.6. The predicted molar refractivity (Wildman–Crippen MR) is 148 cm³/mol. The van der Waals surface area contributed by atoms with E-state index in [0.29, 0.717) is 41.4 Å². The van der Waals surface area contributed by atoms with Crippen LogP contribution in [0.5, 0.6) is 0 Å². The zero-order valence-electron chi connectivity index (χ0n) is 22.6. The van der Waals surface area contributed by atoms with Gasteiger partial charge in [0.05, 0.1) is 34.9 Å². The fourth-order valence-corrected chi connectivity index (χ4v) is 7.21. The van der Waals surface area contributed by atoms with Gasteiger partial charge in [-0.1, -0.05) is 0 Å². The van der Waals surface area contributed by atoms with Crippen LogP contribution in [0.2, 0.25) is 0 Å². The number of alkyl halides is 2. The number of carbonyl (C=O) groups excluding carboxylic acids is 1. The maximum absolute atomic E-state index is 13.6. The van der Waals surface area contributed by atoms with Crippen molar-refractivity contribution in [2.45, 2.75) is 61.8 Å². The van der Waals surface area contributed by atoms with Crippen molar-refractivity contribution in [3.8, 4) is 0 Å². The molecule has 0 bridgehead atoms.